The molecule has 2 rings (SSSR count). The van der Waals surface area contributed by atoms with E-state index in [1.54, 1.807) is 11.3 Å². The van der Waals surface area contributed by atoms with Crippen molar-refractivity contribution in [1.82, 2.24) is 15.6 Å². The van der Waals surface area contributed by atoms with Crippen LogP contribution in [0.2, 0.25) is 0 Å². The molecule has 1 aliphatic carbocycles. The van der Waals surface area contributed by atoms with Gasteiger partial charge in [0.1, 0.15) is 5.01 Å². The quantitative estimate of drug-likeness (QED) is 0.442. The average Bonchev–Trinajstić information content (AvgIpc) is 2.89. The van der Waals surface area contributed by atoms with Crippen LogP contribution in [0.3, 0.4) is 0 Å². The standard InChI is InChI=1S/C15H26N4S.HI/c1-4-12-5-7-13(8-6-12)19-15(16-3)18-10-14-17-9-11(2)20-14;/h9,12-13H,4-8,10H2,1-3H3,(H2,16,18,19);1H. The Labute approximate surface area is 149 Å². The minimum Gasteiger partial charge on any atom is -0.354 e. The molecule has 1 saturated carbocycles. The zero-order valence-corrected chi connectivity index (χ0v) is 16.3. The maximum absolute atomic E-state index is 4.36. The van der Waals surface area contributed by atoms with E-state index in [1.807, 2.05) is 13.2 Å². The Kier molecular flexibility index (Phi) is 8.55. The molecule has 0 radical (unpaired) electrons. The average molecular weight is 422 g/mol. The van der Waals surface area contributed by atoms with E-state index in [-0.39, 0.29) is 24.0 Å². The Hall–Kier alpha value is -0.370. The Balaban J connectivity index is 0.00000220. The summed E-state index contributed by atoms with van der Waals surface area (Å²) in [5, 5.41) is 8.01. The summed E-state index contributed by atoms with van der Waals surface area (Å²) in [5.41, 5.74) is 0. The van der Waals surface area contributed by atoms with Crippen LogP contribution in [-0.4, -0.2) is 24.0 Å². The van der Waals surface area contributed by atoms with Crippen LogP contribution < -0.4 is 10.6 Å². The van der Waals surface area contributed by atoms with Crippen molar-refractivity contribution < 1.29 is 0 Å². The molecular weight excluding hydrogens is 395 g/mol. The van der Waals surface area contributed by atoms with Crippen LogP contribution in [0.1, 0.15) is 48.9 Å². The lowest BCUT2D eigenvalue weighted by Crippen LogP contribution is -2.44. The fourth-order valence-corrected chi connectivity index (χ4v) is 3.47. The Morgan fingerprint density at radius 3 is 2.62 bits per heavy atom. The van der Waals surface area contributed by atoms with Gasteiger partial charge in [-0.25, -0.2) is 4.98 Å². The normalized spacial score (nSPS) is 22.5. The highest BCUT2D eigenvalue weighted by molar-refractivity contribution is 14.0. The molecule has 1 fully saturated rings. The molecule has 0 atom stereocenters. The first-order valence-electron chi connectivity index (χ1n) is 7.59. The number of guanidine groups is 1. The molecule has 6 heteroatoms. The summed E-state index contributed by atoms with van der Waals surface area (Å²) in [4.78, 5) is 9.93. The fraction of sp³-hybridized carbons (Fsp3) is 0.733. The highest BCUT2D eigenvalue weighted by atomic mass is 127. The number of halogens is 1. The van der Waals surface area contributed by atoms with E-state index in [9.17, 15) is 0 Å². The van der Waals surface area contributed by atoms with Gasteiger partial charge < -0.3 is 10.6 Å². The van der Waals surface area contributed by atoms with E-state index >= 15 is 0 Å². The second-order valence-corrected chi connectivity index (χ2v) is 6.88. The van der Waals surface area contributed by atoms with Crippen LogP contribution in [0.4, 0.5) is 0 Å². The van der Waals surface area contributed by atoms with E-state index in [2.05, 4.69) is 34.5 Å². The highest BCUT2D eigenvalue weighted by Crippen LogP contribution is 2.26. The van der Waals surface area contributed by atoms with E-state index in [0.717, 1.165) is 23.4 Å². The van der Waals surface area contributed by atoms with Crippen molar-refractivity contribution >= 4 is 41.3 Å². The molecule has 0 bridgehead atoms. The Bertz CT molecular complexity index is 439. The molecule has 0 amide bonds. The Morgan fingerprint density at radius 1 is 1.38 bits per heavy atom. The van der Waals surface area contributed by atoms with Gasteiger partial charge in [-0.3, -0.25) is 4.99 Å². The van der Waals surface area contributed by atoms with Gasteiger partial charge in [-0.1, -0.05) is 13.3 Å². The molecule has 4 nitrogen and oxygen atoms in total. The van der Waals surface area contributed by atoms with E-state index < -0.39 is 0 Å². The molecule has 2 N–H and O–H groups in total. The number of thiazole rings is 1. The van der Waals surface area contributed by atoms with Crippen LogP contribution in [-0.2, 0) is 6.54 Å². The van der Waals surface area contributed by atoms with Gasteiger partial charge in [-0.05, 0) is 38.5 Å². The molecule has 0 aromatic carbocycles. The lowest BCUT2D eigenvalue weighted by atomic mass is 9.84. The van der Waals surface area contributed by atoms with Crippen molar-refractivity contribution in [1.29, 1.82) is 0 Å². The lowest BCUT2D eigenvalue weighted by molar-refractivity contribution is 0.304. The first-order valence-corrected chi connectivity index (χ1v) is 8.41. The number of aliphatic imine (C=N–C) groups is 1. The van der Waals surface area contributed by atoms with Gasteiger partial charge in [0.25, 0.3) is 0 Å². The summed E-state index contributed by atoms with van der Waals surface area (Å²) in [6.07, 6.45) is 8.45. The fourth-order valence-electron chi connectivity index (χ4n) is 2.75. The summed E-state index contributed by atoms with van der Waals surface area (Å²) in [6, 6.07) is 0.571. The number of aromatic nitrogens is 1. The largest absolute Gasteiger partial charge is 0.354 e. The number of nitrogens with one attached hydrogen (secondary N) is 2. The smallest absolute Gasteiger partial charge is 0.191 e. The highest BCUT2D eigenvalue weighted by Gasteiger charge is 2.20. The third-order valence-electron chi connectivity index (χ3n) is 4.06. The molecule has 120 valence electrons. The van der Waals surface area contributed by atoms with E-state index in [4.69, 9.17) is 0 Å². The first-order chi connectivity index (χ1) is 9.71. The van der Waals surface area contributed by atoms with Crippen molar-refractivity contribution in [3.63, 3.8) is 0 Å². The molecule has 1 heterocycles. The van der Waals surface area contributed by atoms with Crippen LogP contribution in [0, 0.1) is 12.8 Å². The molecule has 21 heavy (non-hydrogen) atoms. The SMILES string of the molecule is CCC1CCC(NC(=NC)NCc2ncc(C)s2)CC1.I. The van der Waals surface area contributed by atoms with Gasteiger partial charge in [-0.15, -0.1) is 35.3 Å². The van der Waals surface area contributed by atoms with Crippen molar-refractivity contribution in [3.05, 3.63) is 16.1 Å². The van der Waals surface area contributed by atoms with Gasteiger partial charge in [0, 0.05) is 24.2 Å². The third kappa shape index (κ3) is 6.10. The zero-order valence-electron chi connectivity index (χ0n) is 13.2. The van der Waals surface area contributed by atoms with Gasteiger partial charge in [0.15, 0.2) is 5.96 Å². The van der Waals surface area contributed by atoms with Crippen molar-refractivity contribution in [2.45, 2.75) is 58.5 Å². The maximum Gasteiger partial charge on any atom is 0.191 e. The molecule has 1 aromatic heterocycles. The first kappa shape index (κ1) is 18.7. The van der Waals surface area contributed by atoms with Gasteiger partial charge in [0.05, 0.1) is 6.54 Å². The van der Waals surface area contributed by atoms with Crippen molar-refractivity contribution in [2.24, 2.45) is 10.9 Å². The second kappa shape index (κ2) is 9.61. The lowest BCUT2D eigenvalue weighted by Gasteiger charge is -2.29. The van der Waals surface area contributed by atoms with Gasteiger partial charge in [0.2, 0.25) is 0 Å². The van der Waals surface area contributed by atoms with Crippen LogP contribution in [0.5, 0.6) is 0 Å². The molecule has 1 aromatic rings. The predicted molar refractivity (Wildman–Crippen MR) is 102 cm³/mol. The molecule has 0 saturated heterocycles. The molecule has 0 spiro atoms. The van der Waals surface area contributed by atoms with Crippen molar-refractivity contribution in [2.75, 3.05) is 7.05 Å². The summed E-state index contributed by atoms with van der Waals surface area (Å²) < 4.78 is 0. The molecule has 1 aliphatic rings. The summed E-state index contributed by atoms with van der Waals surface area (Å²) in [7, 11) is 1.83. The number of rotatable bonds is 4. The molecular formula is C15H27IN4S. The molecule has 0 unspecified atom stereocenters. The van der Waals surface area contributed by atoms with Crippen LogP contribution in [0.25, 0.3) is 0 Å². The van der Waals surface area contributed by atoms with E-state index in [0.29, 0.717) is 6.04 Å². The minimum atomic E-state index is 0. The van der Waals surface area contributed by atoms with Crippen molar-refractivity contribution in [3.8, 4) is 0 Å². The number of hydrogen-bond acceptors (Lipinski definition) is 3. The zero-order chi connectivity index (χ0) is 14.4. The predicted octanol–water partition coefficient (Wildman–Crippen LogP) is 3.70. The van der Waals surface area contributed by atoms with E-state index in [1.165, 1.54) is 37.0 Å². The monoisotopic (exact) mass is 422 g/mol. The number of hydrogen-bond donors (Lipinski definition) is 2. The Morgan fingerprint density at radius 2 is 2.10 bits per heavy atom. The van der Waals surface area contributed by atoms with Crippen LogP contribution >= 0.6 is 35.3 Å². The topological polar surface area (TPSA) is 49.3 Å². The summed E-state index contributed by atoms with van der Waals surface area (Å²) >= 11 is 1.73. The minimum absolute atomic E-state index is 0. The molecule has 0 aliphatic heterocycles. The summed E-state index contributed by atoms with van der Waals surface area (Å²) in [6.45, 7) is 5.14. The second-order valence-electron chi connectivity index (χ2n) is 5.56. The number of nitrogens with zero attached hydrogens (tertiary/aromatic N) is 2. The van der Waals surface area contributed by atoms with Gasteiger partial charge in [-0.2, -0.15) is 0 Å². The van der Waals surface area contributed by atoms with Crippen LogP contribution in [0.15, 0.2) is 11.2 Å². The number of aryl methyl sites for hydroxylation is 1. The maximum atomic E-state index is 4.36. The summed E-state index contributed by atoms with van der Waals surface area (Å²) in [5.74, 6) is 1.83. The van der Waals surface area contributed by atoms with Gasteiger partial charge >= 0.3 is 0 Å². The third-order valence-corrected chi connectivity index (χ3v) is 4.98.